The first-order valence-corrected chi connectivity index (χ1v) is 9.25. The predicted octanol–water partition coefficient (Wildman–Crippen LogP) is 4.31. The number of benzene rings is 1. The quantitative estimate of drug-likeness (QED) is 0.464. The third-order valence-corrected chi connectivity index (χ3v) is 4.63. The second kappa shape index (κ2) is 11.7. The highest BCUT2D eigenvalue weighted by atomic mass is 79.9. The first kappa shape index (κ1) is 21.3. The van der Waals surface area contributed by atoms with Crippen molar-refractivity contribution in [2.75, 3.05) is 32.8 Å². The van der Waals surface area contributed by atoms with Gasteiger partial charge in [0.25, 0.3) is 0 Å². The van der Waals surface area contributed by atoms with Crippen LogP contribution < -0.4 is 4.74 Å². The molecule has 0 aromatic heterocycles. The Balaban J connectivity index is 0.00000288. The van der Waals surface area contributed by atoms with Crippen molar-refractivity contribution >= 4 is 34.3 Å². The lowest BCUT2D eigenvalue weighted by atomic mass is 9.97. The molecule has 0 spiro atoms. The summed E-state index contributed by atoms with van der Waals surface area (Å²) in [5.41, 5.74) is 0. The maximum Gasteiger partial charge on any atom is 0.309 e. The molecular formula is C18H27BrClNO3. The number of unbranched alkanes of at least 4 members (excludes halogenated alkanes) is 1. The molecule has 1 fully saturated rings. The van der Waals surface area contributed by atoms with E-state index in [0.29, 0.717) is 6.61 Å². The van der Waals surface area contributed by atoms with Gasteiger partial charge in [-0.3, -0.25) is 4.79 Å². The van der Waals surface area contributed by atoms with Crippen LogP contribution in [0.25, 0.3) is 0 Å². The largest absolute Gasteiger partial charge is 0.494 e. The van der Waals surface area contributed by atoms with E-state index in [2.05, 4.69) is 20.8 Å². The fourth-order valence-electron chi connectivity index (χ4n) is 2.84. The molecule has 136 valence electrons. The van der Waals surface area contributed by atoms with Gasteiger partial charge in [-0.15, -0.1) is 12.4 Å². The van der Waals surface area contributed by atoms with Crippen LogP contribution in [0.3, 0.4) is 0 Å². The van der Waals surface area contributed by atoms with E-state index in [1.165, 1.54) is 0 Å². The van der Waals surface area contributed by atoms with Gasteiger partial charge in [0.05, 0.1) is 19.1 Å². The summed E-state index contributed by atoms with van der Waals surface area (Å²) in [4.78, 5) is 14.1. The van der Waals surface area contributed by atoms with Crippen LogP contribution in [0.1, 0.15) is 32.6 Å². The van der Waals surface area contributed by atoms with E-state index < -0.39 is 0 Å². The van der Waals surface area contributed by atoms with E-state index in [1.807, 2.05) is 31.2 Å². The van der Waals surface area contributed by atoms with Crippen LogP contribution in [0.4, 0.5) is 0 Å². The van der Waals surface area contributed by atoms with Gasteiger partial charge in [-0.1, -0.05) is 22.0 Å². The van der Waals surface area contributed by atoms with E-state index in [9.17, 15) is 4.79 Å². The summed E-state index contributed by atoms with van der Waals surface area (Å²) in [5, 5.41) is 0. The average molecular weight is 421 g/mol. The Labute approximate surface area is 159 Å². The first-order chi connectivity index (χ1) is 11.2. The van der Waals surface area contributed by atoms with Crippen molar-refractivity contribution < 1.29 is 14.3 Å². The van der Waals surface area contributed by atoms with Crippen molar-refractivity contribution in [1.29, 1.82) is 0 Å². The maximum absolute atomic E-state index is 11.7. The lowest BCUT2D eigenvalue weighted by Gasteiger charge is -2.30. The molecule has 0 unspecified atom stereocenters. The van der Waals surface area contributed by atoms with E-state index in [1.54, 1.807) is 0 Å². The van der Waals surface area contributed by atoms with Crippen LogP contribution in [0.5, 0.6) is 5.75 Å². The number of ether oxygens (including phenoxy) is 2. The zero-order valence-electron chi connectivity index (χ0n) is 14.2. The summed E-state index contributed by atoms with van der Waals surface area (Å²) in [5.74, 6) is 0.996. The molecule has 0 N–H and O–H groups in total. The van der Waals surface area contributed by atoms with Crippen molar-refractivity contribution in [2.45, 2.75) is 32.6 Å². The van der Waals surface area contributed by atoms with E-state index in [0.717, 1.165) is 62.1 Å². The fraction of sp³-hybridized carbons (Fsp3) is 0.611. The summed E-state index contributed by atoms with van der Waals surface area (Å²) in [6.45, 7) is 6.17. The number of carbonyl (C=O) groups is 1. The van der Waals surface area contributed by atoms with Crippen molar-refractivity contribution in [3.63, 3.8) is 0 Å². The lowest BCUT2D eigenvalue weighted by molar-refractivity contribution is -0.149. The molecule has 1 aliphatic heterocycles. The van der Waals surface area contributed by atoms with Crippen LogP contribution >= 0.6 is 28.3 Å². The molecule has 0 bridgehead atoms. The number of hydrogen-bond acceptors (Lipinski definition) is 4. The smallest absolute Gasteiger partial charge is 0.309 e. The van der Waals surface area contributed by atoms with Gasteiger partial charge in [0.1, 0.15) is 5.75 Å². The van der Waals surface area contributed by atoms with Crippen LogP contribution in [0.2, 0.25) is 0 Å². The van der Waals surface area contributed by atoms with Crippen molar-refractivity contribution in [3.05, 3.63) is 28.7 Å². The first-order valence-electron chi connectivity index (χ1n) is 8.46. The Morgan fingerprint density at radius 1 is 1.29 bits per heavy atom. The lowest BCUT2D eigenvalue weighted by Crippen LogP contribution is -2.37. The molecule has 0 radical (unpaired) electrons. The molecule has 2 rings (SSSR count). The summed E-state index contributed by atoms with van der Waals surface area (Å²) >= 11 is 3.44. The molecule has 0 atom stereocenters. The minimum atomic E-state index is -0.0189. The highest BCUT2D eigenvalue weighted by Gasteiger charge is 2.25. The van der Waals surface area contributed by atoms with Crippen LogP contribution in [0.15, 0.2) is 28.7 Å². The summed E-state index contributed by atoms with van der Waals surface area (Å²) < 4.78 is 11.9. The van der Waals surface area contributed by atoms with Gasteiger partial charge in [-0.25, -0.2) is 0 Å². The van der Waals surface area contributed by atoms with Crippen molar-refractivity contribution in [2.24, 2.45) is 5.92 Å². The molecular weight excluding hydrogens is 394 g/mol. The molecule has 1 heterocycles. The number of hydrogen-bond donors (Lipinski definition) is 0. The standard InChI is InChI=1S/C18H26BrNO3.ClH/c1-2-22-18(21)15-8-11-20(12-9-15)10-3-4-13-23-17-7-5-6-16(19)14-17;/h5-7,14-15H,2-4,8-13H2,1H3;1H. The number of nitrogens with zero attached hydrogens (tertiary/aromatic N) is 1. The Hall–Kier alpha value is -0.780. The van der Waals surface area contributed by atoms with Gasteiger partial charge in [0.2, 0.25) is 0 Å². The summed E-state index contributed by atoms with van der Waals surface area (Å²) in [6.07, 6.45) is 4.02. The minimum absolute atomic E-state index is 0. The fourth-order valence-corrected chi connectivity index (χ4v) is 3.21. The Bertz CT molecular complexity index is 493. The normalized spacial score (nSPS) is 15.6. The Kier molecular flexibility index (Phi) is 10.4. The molecule has 24 heavy (non-hydrogen) atoms. The molecule has 1 aliphatic rings. The minimum Gasteiger partial charge on any atom is -0.494 e. The van der Waals surface area contributed by atoms with Crippen molar-refractivity contribution in [1.82, 2.24) is 4.90 Å². The monoisotopic (exact) mass is 419 g/mol. The van der Waals surface area contributed by atoms with Gasteiger partial charge in [-0.2, -0.15) is 0 Å². The average Bonchev–Trinajstić information content (AvgIpc) is 2.55. The second-order valence-electron chi connectivity index (χ2n) is 5.88. The van der Waals surface area contributed by atoms with Crippen molar-refractivity contribution in [3.8, 4) is 5.75 Å². The van der Waals surface area contributed by atoms with Gasteiger partial charge in [-0.05, 0) is 70.4 Å². The topological polar surface area (TPSA) is 38.8 Å². The molecule has 0 saturated carbocycles. The summed E-state index contributed by atoms with van der Waals surface area (Å²) in [6, 6.07) is 7.94. The van der Waals surface area contributed by atoms with Gasteiger partial charge >= 0.3 is 5.97 Å². The Morgan fingerprint density at radius 2 is 2.04 bits per heavy atom. The number of likely N-dealkylation sites (tertiary alicyclic amines) is 1. The number of rotatable bonds is 8. The highest BCUT2D eigenvalue weighted by Crippen LogP contribution is 2.20. The molecule has 4 nitrogen and oxygen atoms in total. The molecule has 6 heteroatoms. The Morgan fingerprint density at radius 3 is 2.71 bits per heavy atom. The van der Waals surface area contributed by atoms with Crippen LogP contribution in [0, 0.1) is 5.92 Å². The summed E-state index contributed by atoms with van der Waals surface area (Å²) in [7, 11) is 0. The molecule has 1 saturated heterocycles. The van der Waals surface area contributed by atoms with Crippen LogP contribution in [-0.4, -0.2) is 43.7 Å². The van der Waals surface area contributed by atoms with E-state index in [4.69, 9.17) is 9.47 Å². The third kappa shape index (κ3) is 7.41. The number of piperidine rings is 1. The number of halogens is 2. The predicted molar refractivity (Wildman–Crippen MR) is 102 cm³/mol. The number of esters is 1. The zero-order valence-corrected chi connectivity index (χ0v) is 16.6. The van der Waals surface area contributed by atoms with E-state index in [-0.39, 0.29) is 24.3 Å². The van der Waals surface area contributed by atoms with Gasteiger partial charge in [0.15, 0.2) is 0 Å². The second-order valence-corrected chi connectivity index (χ2v) is 6.80. The van der Waals surface area contributed by atoms with E-state index >= 15 is 0 Å². The third-order valence-electron chi connectivity index (χ3n) is 4.14. The SMILES string of the molecule is CCOC(=O)C1CCN(CCCCOc2cccc(Br)c2)CC1.Cl. The molecule has 0 aliphatic carbocycles. The molecule has 0 amide bonds. The van der Waals surface area contributed by atoms with Crippen LogP contribution in [-0.2, 0) is 9.53 Å². The van der Waals surface area contributed by atoms with Gasteiger partial charge in [0, 0.05) is 4.47 Å². The molecule has 1 aromatic rings. The number of carbonyl (C=O) groups excluding carboxylic acids is 1. The zero-order chi connectivity index (χ0) is 16.5. The molecule has 1 aromatic carbocycles. The highest BCUT2D eigenvalue weighted by molar-refractivity contribution is 9.10. The maximum atomic E-state index is 11.7. The van der Waals surface area contributed by atoms with Gasteiger partial charge < -0.3 is 14.4 Å².